The highest BCUT2D eigenvalue weighted by Gasteiger charge is 2.28. The van der Waals surface area contributed by atoms with E-state index in [1.807, 2.05) is 0 Å². The van der Waals surface area contributed by atoms with E-state index < -0.39 is 55.0 Å². The summed E-state index contributed by atoms with van der Waals surface area (Å²) in [5.74, 6) is -3.21. The van der Waals surface area contributed by atoms with Gasteiger partial charge in [-0.3, -0.25) is 19.2 Å². The topological polar surface area (TPSA) is 197 Å². The van der Waals surface area contributed by atoms with Crippen molar-refractivity contribution in [3.05, 3.63) is 35.9 Å². The maximum atomic E-state index is 12.9. The van der Waals surface area contributed by atoms with Gasteiger partial charge in [-0.1, -0.05) is 30.3 Å². The van der Waals surface area contributed by atoms with Crippen LogP contribution in [0.25, 0.3) is 0 Å². The molecule has 11 heteroatoms. The number of rotatable bonds is 14. The molecule has 3 atom stereocenters. The summed E-state index contributed by atoms with van der Waals surface area (Å²) in [6.07, 6.45) is 1.54. The Hall–Kier alpha value is -3.02. The van der Waals surface area contributed by atoms with E-state index in [4.69, 9.17) is 21.7 Å². The number of aliphatic hydroxyl groups is 1. The number of nitrogens with two attached hydrogens (primary N) is 2. The van der Waals surface area contributed by atoms with Crippen molar-refractivity contribution < 1.29 is 29.4 Å². The molecule has 1 aromatic rings. The predicted octanol–water partition coefficient (Wildman–Crippen LogP) is -2.15. The molecule has 31 heavy (non-hydrogen) atoms. The molecule has 11 nitrogen and oxygen atoms in total. The summed E-state index contributed by atoms with van der Waals surface area (Å²) in [7, 11) is 0. The Morgan fingerprint density at radius 1 is 0.935 bits per heavy atom. The van der Waals surface area contributed by atoms with Crippen LogP contribution >= 0.6 is 0 Å². The number of carboxylic acids is 1. The van der Waals surface area contributed by atoms with Crippen molar-refractivity contribution in [1.82, 2.24) is 16.0 Å². The zero-order valence-electron chi connectivity index (χ0n) is 17.3. The molecule has 172 valence electrons. The number of aliphatic carboxylic acids is 1. The Morgan fingerprint density at radius 3 is 2.16 bits per heavy atom. The van der Waals surface area contributed by atoms with Crippen molar-refractivity contribution in [2.75, 3.05) is 19.7 Å². The molecule has 0 saturated heterocycles. The van der Waals surface area contributed by atoms with Gasteiger partial charge in [0, 0.05) is 6.42 Å². The summed E-state index contributed by atoms with van der Waals surface area (Å²) in [5, 5.41) is 25.2. The van der Waals surface area contributed by atoms with Crippen LogP contribution < -0.4 is 27.4 Å². The molecule has 0 spiro atoms. The van der Waals surface area contributed by atoms with E-state index >= 15 is 0 Å². The third-order valence-electron chi connectivity index (χ3n) is 4.44. The Bertz CT molecular complexity index is 730. The average Bonchev–Trinajstić information content (AvgIpc) is 2.76. The van der Waals surface area contributed by atoms with Gasteiger partial charge in [0.15, 0.2) is 0 Å². The highest BCUT2D eigenvalue weighted by atomic mass is 16.4. The summed E-state index contributed by atoms with van der Waals surface area (Å²) in [6, 6.07) is 5.63. The second-order valence-corrected chi connectivity index (χ2v) is 7.00. The van der Waals surface area contributed by atoms with Crippen LogP contribution in [0.1, 0.15) is 24.8 Å². The van der Waals surface area contributed by atoms with Gasteiger partial charge in [0.25, 0.3) is 0 Å². The fourth-order valence-electron chi connectivity index (χ4n) is 2.74. The quantitative estimate of drug-likeness (QED) is 0.160. The van der Waals surface area contributed by atoms with Crippen molar-refractivity contribution in [2.45, 2.75) is 43.8 Å². The molecular formula is C20H31N5O6. The Balaban J connectivity index is 2.95. The van der Waals surface area contributed by atoms with Gasteiger partial charge in [-0.15, -0.1) is 0 Å². The first kappa shape index (κ1) is 26.0. The number of benzene rings is 1. The van der Waals surface area contributed by atoms with Gasteiger partial charge in [0.2, 0.25) is 17.7 Å². The number of hydrogen-bond donors (Lipinski definition) is 7. The van der Waals surface area contributed by atoms with E-state index in [0.29, 0.717) is 19.4 Å². The number of carbonyl (C=O) groups is 4. The Kier molecular flexibility index (Phi) is 11.8. The van der Waals surface area contributed by atoms with E-state index in [9.17, 15) is 19.2 Å². The van der Waals surface area contributed by atoms with Crippen molar-refractivity contribution >= 4 is 23.7 Å². The molecule has 0 aliphatic rings. The number of amides is 3. The smallest absolute Gasteiger partial charge is 0.322 e. The summed E-state index contributed by atoms with van der Waals surface area (Å²) in [5.41, 5.74) is 11.7. The van der Waals surface area contributed by atoms with Crippen molar-refractivity contribution in [2.24, 2.45) is 11.5 Å². The molecule has 1 rings (SSSR count). The van der Waals surface area contributed by atoms with Gasteiger partial charge in [0.1, 0.15) is 24.7 Å². The van der Waals surface area contributed by atoms with Crippen molar-refractivity contribution in [1.29, 1.82) is 0 Å². The monoisotopic (exact) mass is 437 g/mol. The second-order valence-electron chi connectivity index (χ2n) is 7.00. The largest absolute Gasteiger partial charge is 0.480 e. The maximum Gasteiger partial charge on any atom is 0.322 e. The van der Waals surface area contributed by atoms with E-state index in [1.165, 1.54) is 0 Å². The lowest BCUT2D eigenvalue weighted by molar-refractivity contribution is -0.138. The molecule has 0 fully saturated rings. The minimum atomic E-state index is -1.22. The van der Waals surface area contributed by atoms with Crippen LogP contribution in [0.3, 0.4) is 0 Å². The first-order valence-corrected chi connectivity index (χ1v) is 9.99. The van der Waals surface area contributed by atoms with Gasteiger partial charge in [-0.2, -0.15) is 0 Å². The fourth-order valence-corrected chi connectivity index (χ4v) is 2.74. The number of hydrogen-bond acceptors (Lipinski definition) is 7. The van der Waals surface area contributed by atoms with E-state index in [1.54, 1.807) is 30.3 Å². The van der Waals surface area contributed by atoms with Crippen molar-refractivity contribution in [3.8, 4) is 0 Å². The molecule has 3 amide bonds. The molecule has 0 aliphatic carbocycles. The van der Waals surface area contributed by atoms with Crippen LogP contribution in [-0.4, -0.2) is 71.7 Å². The Morgan fingerprint density at radius 2 is 1.58 bits per heavy atom. The normalized spacial score (nSPS) is 13.5. The molecule has 0 radical (unpaired) electrons. The first-order chi connectivity index (χ1) is 14.8. The van der Waals surface area contributed by atoms with Crippen LogP contribution in [0.4, 0.5) is 0 Å². The van der Waals surface area contributed by atoms with Gasteiger partial charge in [-0.05, 0) is 31.4 Å². The van der Waals surface area contributed by atoms with Crippen LogP contribution in [-0.2, 0) is 25.6 Å². The predicted molar refractivity (Wildman–Crippen MR) is 113 cm³/mol. The van der Waals surface area contributed by atoms with Gasteiger partial charge in [-0.25, -0.2) is 0 Å². The third kappa shape index (κ3) is 10.0. The summed E-state index contributed by atoms with van der Waals surface area (Å²) < 4.78 is 0. The molecular weight excluding hydrogens is 406 g/mol. The molecule has 9 N–H and O–H groups in total. The second kappa shape index (κ2) is 14.1. The van der Waals surface area contributed by atoms with Gasteiger partial charge >= 0.3 is 5.97 Å². The van der Waals surface area contributed by atoms with Crippen LogP contribution in [0.2, 0.25) is 0 Å². The minimum absolute atomic E-state index is 0.123. The van der Waals surface area contributed by atoms with Gasteiger partial charge in [0.05, 0.1) is 6.61 Å². The SMILES string of the molecule is NCCCCC(NC(=O)C(N)CO)C(=O)NC(Cc1ccccc1)C(=O)NCC(=O)O. The first-order valence-electron chi connectivity index (χ1n) is 9.99. The highest BCUT2D eigenvalue weighted by molar-refractivity contribution is 5.93. The van der Waals surface area contributed by atoms with Crippen LogP contribution in [0.5, 0.6) is 0 Å². The summed E-state index contributed by atoms with van der Waals surface area (Å²) >= 11 is 0. The van der Waals surface area contributed by atoms with Crippen molar-refractivity contribution in [3.63, 3.8) is 0 Å². The number of aliphatic hydroxyl groups excluding tert-OH is 1. The maximum absolute atomic E-state index is 12.9. The number of nitrogens with one attached hydrogen (secondary N) is 3. The molecule has 0 bridgehead atoms. The summed E-state index contributed by atoms with van der Waals surface area (Å²) in [4.78, 5) is 48.2. The molecule has 1 aromatic carbocycles. The third-order valence-corrected chi connectivity index (χ3v) is 4.44. The number of unbranched alkanes of at least 4 members (excludes halogenated alkanes) is 1. The van der Waals surface area contributed by atoms with E-state index in [0.717, 1.165) is 5.56 Å². The fraction of sp³-hybridized carbons (Fsp3) is 0.500. The standard InChI is InChI=1S/C20H31N5O6/c21-9-5-4-8-15(24-18(29)14(22)12-26)20(31)25-16(19(30)23-11-17(27)28)10-13-6-2-1-3-7-13/h1-3,6-7,14-16,26H,4-5,8-12,21-22H2,(H,23,30)(H,24,29)(H,25,31)(H,27,28). The van der Waals surface area contributed by atoms with E-state index in [-0.39, 0.29) is 12.8 Å². The molecule has 0 aromatic heterocycles. The molecule has 0 saturated carbocycles. The highest BCUT2D eigenvalue weighted by Crippen LogP contribution is 2.06. The number of carbonyl (C=O) groups excluding carboxylic acids is 3. The van der Waals surface area contributed by atoms with Crippen LogP contribution in [0, 0.1) is 0 Å². The van der Waals surface area contributed by atoms with E-state index in [2.05, 4.69) is 16.0 Å². The Labute approximate surface area is 180 Å². The van der Waals surface area contributed by atoms with Gasteiger partial charge < -0.3 is 37.6 Å². The number of carboxylic acid groups (broad SMARTS) is 1. The molecule has 0 aliphatic heterocycles. The van der Waals surface area contributed by atoms with Crippen LogP contribution in [0.15, 0.2) is 30.3 Å². The lowest BCUT2D eigenvalue weighted by atomic mass is 10.0. The lowest BCUT2D eigenvalue weighted by Gasteiger charge is -2.24. The zero-order valence-corrected chi connectivity index (χ0v) is 17.3. The zero-order chi connectivity index (χ0) is 23.2. The molecule has 0 heterocycles. The lowest BCUT2D eigenvalue weighted by Crippen LogP contribution is -2.57. The average molecular weight is 437 g/mol. The summed E-state index contributed by atoms with van der Waals surface area (Å²) in [6.45, 7) is -0.772. The molecule has 3 unspecified atom stereocenters. The minimum Gasteiger partial charge on any atom is -0.480 e.